The molecule has 0 aliphatic heterocycles. The highest BCUT2D eigenvalue weighted by Gasteiger charge is 2.32. The standard InChI is InChI=1S/C13H13F3N2O3/c1-2-20-12(19)5-8-4-11(21-13(14,15)16)10(7-18)3-9(8)6-17/h3-4H,2,5-6,17H2,1H3. The van der Waals surface area contributed by atoms with Crippen molar-refractivity contribution in [3.63, 3.8) is 0 Å². The number of carbonyl (C=O) groups excluding carboxylic acids is 1. The van der Waals surface area contributed by atoms with Crippen LogP contribution in [0.25, 0.3) is 0 Å². The molecule has 0 aliphatic carbocycles. The maximum absolute atomic E-state index is 12.3. The van der Waals surface area contributed by atoms with Crippen LogP contribution in [0.5, 0.6) is 5.75 Å². The Labute approximate surface area is 119 Å². The molecule has 2 N–H and O–H groups in total. The van der Waals surface area contributed by atoms with Gasteiger partial charge in [-0.15, -0.1) is 13.2 Å². The van der Waals surface area contributed by atoms with Crippen molar-refractivity contribution in [1.29, 1.82) is 5.26 Å². The average molecular weight is 302 g/mol. The highest BCUT2D eigenvalue weighted by molar-refractivity contribution is 5.73. The van der Waals surface area contributed by atoms with Crippen molar-refractivity contribution in [3.8, 4) is 11.8 Å². The summed E-state index contributed by atoms with van der Waals surface area (Å²) in [5.74, 6) is -1.27. The van der Waals surface area contributed by atoms with Gasteiger partial charge >= 0.3 is 12.3 Å². The SMILES string of the molecule is CCOC(=O)Cc1cc(OC(F)(F)F)c(C#N)cc1CN. The van der Waals surface area contributed by atoms with Gasteiger partial charge in [0, 0.05) is 6.54 Å². The first-order chi connectivity index (χ1) is 9.80. The second kappa shape index (κ2) is 6.95. The Kier molecular flexibility index (Phi) is 5.55. The van der Waals surface area contributed by atoms with Crippen LogP contribution in [0, 0.1) is 11.3 Å². The quantitative estimate of drug-likeness (QED) is 0.841. The van der Waals surface area contributed by atoms with Gasteiger partial charge in [0.05, 0.1) is 18.6 Å². The summed E-state index contributed by atoms with van der Waals surface area (Å²) in [6.07, 6.45) is -5.18. The Morgan fingerprint density at radius 3 is 2.52 bits per heavy atom. The van der Waals surface area contributed by atoms with Crippen LogP contribution in [0.3, 0.4) is 0 Å². The number of halogens is 3. The second-order valence-electron chi connectivity index (χ2n) is 3.96. The van der Waals surface area contributed by atoms with Gasteiger partial charge in [0.2, 0.25) is 0 Å². The maximum atomic E-state index is 12.3. The van der Waals surface area contributed by atoms with Gasteiger partial charge in [0.1, 0.15) is 11.8 Å². The summed E-state index contributed by atoms with van der Waals surface area (Å²) in [7, 11) is 0. The fourth-order valence-electron chi connectivity index (χ4n) is 1.69. The topological polar surface area (TPSA) is 85.3 Å². The summed E-state index contributed by atoms with van der Waals surface area (Å²) in [6.45, 7) is 1.73. The van der Waals surface area contributed by atoms with E-state index in [2.05, 4.69) is 4.74 Å². The highest BCUT2D eigenvalue weighted by atomic mass is 19.4. The van der Waals surface area contributed by atoms with Crippen LogP contribution in [0.2, 0.25) is 0 Å². The van der Waals surface area contributed by atoms with Gasteiger partial charge < -0.3 is 15.2 Å². The number of rotatable bonds is 5. The van der Waals surface area contributed by atoms with Gasteiger partial charge in [-0.05, 0) is 30.2 Å². The Morgan fingerprint density at radius 2 is 2.05 bits per heavy atom. The summed E-state index contributed by atoms with van der Waals surface area (Å²) in [5, 5.41) is 8.86. The smallest absolute Gasteiger partial charge is 0.466 e. The van der Waals surface area contributed by atoms with Crippen molar-refractivity contribution < 1.29 is 27.4 Å². The first kappa shape index (κ1) is 16.8. The molecule has 1 aromatic carbocycles. The van der Waals surface area contributed by atoms with Gasteiger partial charge in [-0.3, -0.25) is 4.79 Å². The molecule has 0 unspecified atom stereocenters. The van der Waals surface area contributed by atoms with Crippen LogP contribution in [0.1, 0.15) is 23.6 Å². The predicted octanol–water partition coefficient (Wildman–Crippen LogP) is 2.02. The maximum Gasteiger partial charge on any atom is 0.573 e. The van der Waals surface area contributed by atoms with Crippen molar-refractivity contribution in [2.45, 2.75) is 26.3 Å². The Hall–Kier alpha value is -2.27. The largest absolute Gasteiger partial charge is 0.573 e. The molecule has 0 aliphatic rings. The third-order valence-electron chi connectivity index (χ3n) is 2.51. The third-order valence-corrected chi connectivity index (χ3v) is 2.51. The zero-order valence-electron chi connectivity index (χ0n) is 11.2. The van der Waals surface area contributed by atoms with E-state index in [1.54, 1.807) is 13.0 Å². The van der Waals surface area contributed by atoms with Crippen molar-refractivity contribution in [2.75, 3.05) is 6.61 Å². The van der Waals surface area contributed by atoms with E-state index < -0.39 is 18.1 Å². The summed E-state index contributed by atoms with van der Waals surface area (Å²) < 4.78 is 45.4. The molecule has 8 heteroatoms. The molecule has 0 bridgehead atoms. The van der Waals surface area contributed by atoms with Crippen molar-refractivity contribution in [3.05, 3.63) is 28.8 Å². The summed E-state index contributed by atoms with van der Waals surface area (Å²) >= 11 is 0. The summed E-state index contributed by atoms with van der Waals surface area (Å²) in [6, 6.07) is 3.77. The predicted molar refractivity (Wildman–Crippen MR) is 66.1 cm³/mol. The number of nitrogens with zero attached hydrogens (tertiary/aromatic N) is 1. The first-order valence-electron chi connectivity index (χ1n) is 5.98. The number of benzene rings is 1. The minimum Gasteiger partial charge on any atom is -0.466 e. The number of nitriles is 1. The molecule has 21 heavy (non-hydrogen) atoms. The lowest BCUT2D eigenvalue weighted by molar-refractivity contribution is -0.274. The van der Waals surface area contributed by atoms with Crippen LogP contribution in [0.15, 0.2) is 12.1 Å². The van der Waals surface area contributed by atoms with Gasteiger partial charge in [-0.25, -0.2) is 0 Å². The van der Waals surface area contributed by atoms with E-state index >= 15 is 0 Å². The van der Waals surface area contributed by atoms with Crippen molar-refractivity contribution in [1.82, 2.24) is 0 Å². The molecule has 0 spiro atoms. The highest BCUT2D eigenvalue weighted by Crippen LogP contribution is 2.29. The lowest BCUT2D eigenvalue weighted by Gasteiger charge is -2.14. The summed E-state index contributed by atoms with van der Waals surface area (Å²) in [5.41, 5.74) is 5.79. The number of ether oxygens (including phenoxy) is 2. The van der Waals surface area contributed by atoms with Gasteiger partial charge in [0.25, 0.3) is 0 Å². The number of hydrogen-bond donors (Lipinski definition) is 1. The number of nitrogens with two attached hydrogens (primary N) is 1. The molecule has 114 valence electrons. The molecule has 0 amide bonds. The van der Waals surface area contributed by atoms with Crippen LogP contribution in [-0.2, 0) is 22.5 Å². The molecule has 0 aromatic heterocycles. The fourth-order valence-corrected chi connectivity index (χ4v) is 1.69. The number of carbonyl (C=O) groups is 1. The van der Waals surface area contributed by atoms with E-state index in [1.807, 2.05) is 0 Å². The second-order valence-corrected chi connectivity index (χ2v) is 3.96. The van der Waals surface area contributed by atoms with E-state index in [-0.39, 0.29) is 30.7 Å². The van der Waals surface area contributed by atoms with E-state index in [4.69, 9.17) is 15.7 Å². The van der Waals surface area contributed by atoms with E-state index in [1.165, 1.54) is 6.07 Å². The number of hydrogen-bond acceptors (Lipinski definition) is 5. The molecule has 0 fully saturated rings. The monoisotopic (exact) mass is 302 g/mol. The summed E-state index contributed by atoms with van der Waals surface area (Å²) in [4.78, 5) is 11.4. The third kappa shape index (κ3) is 4.96. The molecule has 5 nitrogen and oxygen atoms in total. The molecule has 1 rings (SSSR count). The Balaban J connectivity index is 3.20. The van der Waals surface area contributed by atoms with Crippen LogP contribution in [0.4, 0.5) is 13.2 Å². The lowest BCUT2D eigenvalue weighted by Crippen LogP contribution is -2.19. The normalized spacial score (nSPS) is 10.9. The minimum absolute atomic E-state index is 0.0320. The van der Waals surface area contributed by atoms with E-state index in [0.717, 1.165) is 6.07 Å². The number of esters is 1. The zero-order chi connectivity index (χ0) is 16.0. The van der Waals surface area contributed by atoms with Gasteiger partial charge in [-0.1, -0.05) is 0 Å². The Morgan fingerprint density at radius 1 is 1.38 bits per heavy atom. The number of alkyl halides is 3. The van der Waals surface area contributed by atoms with Gasteiger partial charge in [0.15, 0.2) is 0 Å². The van der Waals surface area contributed by atoms with E-state index in [9.17, 15) is 18.0 Å². The molecule has 0 atom stereocenters. The molecule has 0 saturated heterocycles. The Bertz CT molecular complexity index is 565. The molecular weight excluding hydrogens is 289 g/mol. The van der Waals surface area contributed by atoms with E-state index in [0.29, 0.717) is 5.56 Å². The lowest BCUT2D eigenvalue weighted by atomic mass is 10.0. The minimum atomic E-state index is -4.93. The van der Waals surface area contributed by atoms with Crippen LogP contribution >= 0.6 is 0 Å². The van der Waals surface area contributed by atoms with Crippen LogP contribution < -0.4 is 10.5 Å². The van der Waals surface area contributed by atoms with Crippen molar-refractivity contribution >= 4 is 5.97 Å². The molecule has 0 saturated carbocycles. The molecule has 1 aromatic rings. The molecule has 0 radical (unpaired) electrons. The fraction of sp³-hybridized carbons (Fsp3) is 0.385. The molecular formula is C13H13F3N2O3. The van der Waals surface area contributed by atoms with Gasteiger partial charge in [-0.2, -0.15) is 5.26 Å². The average Bonchev–Trinajstić information content (AvgIpc) is 2.37. The van der Waals surface area contributed by atoms with Crippen LogP contribution in [-0.4, -0.2) is 18.9 Å². The van der Waals surface area contributed by atoms with Crippen molar-refractivity contribution in [2.24, 2.45) is 5.73 Å². The zero-order valence-corrected chi connectivity index (χ0v) is 11.2. The first-order valence-corrected chi connectivity index (χ1v) is 5.98. The molecule has 0 heterocycles.